The molecule has 0 unspecified atom stereocenters. The summed E-state index contributed by atoms with van der Waals surface area (Å²) in [4.78, 5) is 24.7. The van der Waals surface area contributed by atoms with E-state index in [1.807, 2.05) is 10.9 Å². The van der Waals surface area contributed by atoms with Gasteiger partial charge in [-0.25, -0.2) is 9.48 Å². The van der Waals surface area contributed by atoms with Crippen LogP contribution in [-0.2, 0) is 9.47 Å². The van der Waals surface area contributed by atoms with Gasteiger partial charge in [0.25, 0.3) is 0 Å². The van der Waals surface area contributed by atoms with Gasteiger partial charge >= 0.3 is 6.09 Å². The lowest BCUT2D eigenvalue weighted by atomic mass is 10.1. The number of carbonyl (C=O) groups excluding carboxylic acids is 1. The van der Waals surface area contributed by atoms with Gasteiger partial charge < -0.3 is 19.3 Å². The highest BCUT2D eigenvalue weighted by Gasteiger charge is 2.35. The fourth-order valence-corrected chi connectivity index (χ4v) is 4.76. The fourth-order valence-electron chi connectivity index (χ4n) is 4.60. The lowest BCUT2D eigenvalue weighted by molar-refractivity contribution is 0.0303. The van der Waals surface area contributed by atoms with E-state index < -0.39 is 0 Å². The zero-order valence-electron chi connectivity index (χ0n) is 15.8. The Morgan fingerprint density at radius 3 is 2.57 bits per heavy atom. The maximum Gasteiger partial charge on any atom is 0.409 e. The number of fused-ring (bicyclic) bond motifs is 3. The minimum atomic E-state index is -0.279. The molecule has 3 fully saturated rings. The molecule has 10 heteroatoms. The van der Waals surface area contributed by atoms with Gasteiger partial charge in [0.15, 0.2) is 5.65 Å². The van der Waals surface area contributed by atoms with E-state index in [1.54, 1.807) is 4.90 Å². The molecule has 0 saturated carbocycles. The molecular formula is C18H23ClN6O3. The molecule has 3 saturated heterocycles. The van der Waals surface area contributed by atoms with Crippen LogP contribution < -0.4 is 4.90 Å². The number of hydrogen-bond donors (Lipinski definition) is 0. The zero-order valence-corrected chi connectivity index (χ0v) is 16.5. The summed E-state index contributed by atoms with van der Waals surface area (Å²) >= 11 is 6.29. The predicted molar refractivity (Wildman–Crippen MR) is 103 cm³/mol. The fraction of sp³-hybridized carbons (Fsp3) is 0.667. The van der Waals surface area contributed by atoms with Crippen molar-refractivity contribution in [1.29, 1.82) is 0 Å². The highest BCUT2D eigenvalue weighted by atomic mass is 35.5. The SMILES string of the molecule is COC(=O)N1CCC(n2ncc3c(N4C[C@H]5CC[C@@H](C4)O5)nc(Cl)nc32)CC1. The van der Waals surface area contributed by atoms with Crippen molar-refractivity contribution in [3.63, 3.8) is 0 Å². The van der Waals surface area contributed by atoms with E-state index in [0.29, 0.717) is 13.1 Å². The van der Waals surface area contributed by atoms with E-state index in [9.17, 15) is 4.79 Å². The molecule has 5 rings (SSSR count). The van der Waals surface area contributed by atoms with Gasteiger partial charge in [-0.2, -0.15) is 15.1 Å². The largest absolute Gasteiger partial charge is 0.453 e. The Morgan fingerprint density at radius 1 is 1.18 bits per heavy atom. The molecule has 2 bridgehead atoms. The van der Waals surface area contributed by atoms with Gasteiger partial charge in [0, 0.05) is 26.2 Å². The Hall–Kier alpha value is -2.13. The minimum absolute atomic E-state index is 0.165. The van der Waals surface area contributed by atoms with Gasteiger partial charge in [0.05, 0.1) is 36.9 Å². The molecule has 28 heavy (non-hydrogen) atoms. The summed E-state index contributed by atoms with van der Waals surface area (Å²) in [5, 5.41) is 5.77. The van der Waals surface area contributed by atoms with Gasteiger partial charge in [-0.1, -0.05) is 0 Å². The van der Waals surface area contributed by atoms with Crippen molar-refractivity contribution in [1.82, 2.24) is 24.6 Å². The maximum atomic E-state index is 11.7. The van der Waals surface area contributed by atoms with Crippen molar-refractivity contribution in [2.75, 3.05) is 38.2 Å². The highest BCUT2D eigenvalue weighted by Crippen LogP contribution is 2.34. The topological polar surface area (TPSA) is 85.6 Å². The van der Waals surface area contributed by atoms with Crippen LogP contribution in [0.3, 0.4) is 0 Å². The second-order valence-corrected chi connectivity index (χ2v) is 8.03. The molecule has 5 heterocycles. The van der Waals surface area contributed by atoms with E-state index in [0.717, 1.165) is 55.6 Å². The van der Waals surface area contributed by atoms with Gasteiger partial charge in [-0.3, -0.25) is 0 Å². The molecular weight excluding hydrogens is 384 g/mol. The van der Waals surface area contributed by atoms with Crippen LogP contribution in [0.4, 0.5) is 10.6 Å². The third-order valence-corrected chi connectivity index (χ3v) is 6.16. The number of likely N-dealkylation sites (tertiary alicyclic amines) is 1. The molecule has 0 aliphatic carbocycles. The molecule has 150 valence electrons. The summed E-state index contributed by atoms with van der Waals surface area (Å²) < 4.78 is 12.7. The van der Waals surface area contributed by atoms with Crippen molar-refractivity contribution in [2.24, 2.45) is 0 Å². The van der Waals surface area contributed by atoms with E-state index in [1.165, 1.54) is 7.11 Å². The van der Waals surface area contributed by atoms with Crippen LogP contribution in [0.25, 0.3) is 11.0 Å². The molecule has 2 aromatic heterocycles. The highest BCUT2D eigenvalue weighted by molar-refractivity contribution is 6.28. The molecule has 3 aliphatic heterocycles. The number of carbonyl (C=O) groups is 1. The Bertz CT molecular complexity index is 885. The predicted octanol–water partition coefficient (Wildman–Crippen LogP) is 2.25. The van der Waals surface area contributed by atoms with Crippen LogP contribution in [0, 0.1) is 0 Å². The van der Waals surface area contributed by atoms with Crippen LogP contribution in [0.15, 0.2) is 6.20 Å². The van der Waals surface area contributed by atoms with Crippen LogP contribution in [-0.4, -0.2) is 76.2 Å². The Balaban J connectivity index is 1.43. The second kappa shape index (κ2) is 7.04. The number of nitrogens with zero attached hydrogens (tertiary/aromatic N) is 6. The first-order chi connectivity index (χ1) is 13.6. The Kier molecular flexibility index (Phi) is 4.51. The van der Waals surface area contributed by atoms with Crippen LogP contribution >= 0.6 is 11.6 Å². The summed E-state index contributed by atoms with van der Waals surface area (Å²) in [7, 11) is 1.41. The quantitative estimate of drug-likeness (QED) is 0.707. The summed E-state index contributed by atoms with van der Waals surface area (Å²) in [6, 6.07) is 0.165. The molecule has 0 radical (unpaired) electrons. The first-order valence-corrected chi connectivity index (χ1v) is 10.1. The lowest BCUT2D eigenvalue weighted by Crippen LogP contribution is -2.43. The number of morpholine rings is 1. The number of hydrogen-bond acceptors (Lipinski definition) is 7. The van der Waals surface area contributed by atoms with Crippen molar-refractivity contribution < 1.29 is 14.3 Å². The molecule has 1 amide bonds. The van der Waals surface area contributed by atoms with Crippen molar-refractivity contribution in [3.05, 3.63) is 11.5 Å². The number of amides is 1. The molecule has 9 nitrogen and oxygen atoms in total. The van der Waals surface area contributed by atoms with E-state index in [-0.39, 0.29) is 29.6 Å². The maximum absolute atomic E-state index is 11.7. The third-order valence-electron chi connectivity index (χ3n) is 5.99. The van der Waals surface area contributed by atoms with Gasteiger partial charge in [0.1, 0.15) is 5.82 Å². The average Bonchev–Trinajstić information content (AvgIpc) is 3.29. The van der Waals surface area contributed by atoms with Crippen LogP contribution in [0.5, 0.6) is 0 Å². The summed E-state index contributed by atoms with van der Waals surface area (Å²) in [6.07, 6.45) is 5.88. The standard InChI is InChI=1S/C18H23ClN6O3/c1-27-18(26)23-6-4-11(5-7-23)25-16-14(8-20-25)15(21-17(19)22-16)24-9-12-2-3-13(10-24)28-12/h8,11-13H,2-7,9-10H2,1H3/t12-,13+. The molecule has 3 aliphatic rings. The summed E-state index contributed by atoms with van der Waals surface area (Å²) in [5.74, 6) is 0.841. The zero-order chi connectivity index (χ0) is 19.3. The minimum Gasteiger partial charge on any atom is -0.453 e. The normalized spacial score (nSPS) is 25.5. The third kappa shape index (κ3) is 3.06. The van der Waals surface area contributed by atoms with Gasteiger partial charge in [0.2, 0.25) is 5.28 Å². The number of methoxy groups -OCH3 is 1. The van der Waals surface area contributed by atoms with Crippen molar-refractivity contribution in [3.8, 4) is 0 Å². The van der Waals surface area contributed by atoms with Crippen molar-refractivity contribution in [2.45, 2.75) is 43.9 Å². The smallest absolute Gasteiger partial charge is 0.409 e. The monoisotopic (exact) mass is 406 g/mol. The van der Waals surface area contributed by atoms with Gasteiger partial charge in [-0.15, -0.1) is 0 Å². The number of rotatable bonds is 2. The van der Waals surface area contributed by atoms with E-state index >= 15 is 0 Å². The number of anilines is 1. The summed E-state index contributed by atoms with van der Waals surface area (Å²) in [6.45, 7) is 2.91. The summed E-state index contributed by atoms with van der Waals surface area (Å²) in [5.41, 5.74) is 0.755. The van der Waals surface area contributed by atoms with Crippen LogP contribution in [0.1, 0.15) is 31.7 Å². The number of ether oxygens (including phenoxy) is 2. The molecule has 2 atom stereocenters. The van der Waals surface area contributed by atoms with E-state index in [2.05, 4.69) is 20.0 Å². The first kappa shape index (κ1) is 17.9. The Morgan fingerprint density at radius 2 is 1.89 bits per heavy atom. The molecule has 0 N–H and O–H groups in total. The van der Waals surface area contributed by atoms with E-state index in [4.69, 9.17) is 21.1 Å². The Labute approximate surface area is 167 Å². The van der Waals surface area contributed by atoms with Gasteiger partial charge in [-0.05, 0) is 37.3 Å². The first-order valence-electron chi connectivity index (χ1n) is 9.76. The number of halogens is 1. The molecule has 0 spiro atoms. The second-order valence-electron chi connectivity index (χ2n) is 7.69. The average molecular weight is 407 g/mol. The van der Waals surface area contributed by atoms with Crippen LogP contribution in [0.2, 0.25) is 5.28 Å². The molecule has 0 aromatic carbocycles. The molecule has 2 aromatic rings. The lowest BCUT2D eigenvalue weighted by Gasteiger charge is -2.33. The number of aromatic nitrogens is 4. The number of piperidine rings is 1. The van der Waals surface area contributed by atoms with Crippen molar-refractivity contribution >= 4 is 34.5 Å².